The summed E-state index contributed by atoms with van der Waals surface area (Å²) in [7, 11) is 1.53. The molecule has 7 heteroatoms. The summed E-state index contributed by atoms with van der Waals surface area (Å²) in [4.78, 5) is 0. The van der Waals surface area contributed by atoms with Gasteiger partial charge in [0.1, 0.15) is 23.4 Å². The van der Waals surface area contributed by atoms with Gasteiger partial charge >= 0.3 is 0 Å². The molecular weight excluding hydrogens is 289 g/mol. The zero-order valence-corrected chi connectivity index (χ0v) is 12.7. The van der Waals surface area contributed by atoms with Crippen molar-refractivity contribution < 1.29 is 18.6 Å². The molecule has 6 nitrogen and oxygen atoms in total. The van der Waals surface area contributed by atoms with Crippen LogP contribution in [0.3, 0.4) is 0 Å². The summed E-state index contributed by atoms with van der Waals surface area (Å²) in [5.41, 5.74) is 1.12. The Morgan fingerprint density at radius 2 is 2.27 bits per heavy atom. The van der Waals surface area contributed by atoms with Crippen LogP contribution in [0.15, 0.2) is 24.4 Å². The van der Waals surface area contributed by atoms with Crippen molar-refractivity contribution in [3.8, 4) is 17.0 Å². The van der Waals surface area contributed by atoms with Crippen molar-refractivity contribution in [2.75, 3.05) is 13.7 Å². The summed E-state index contributed by atoms with van der Waals surface area (Å²) < 4.78 is 31.6. The van der Waals surface area contributed by atoms with E-state index >= 15 is 0 Å². The molecule has 22 heavy (non-hydrogen) atoms. The van der Waals surface area contributed by atoms with Gasteiger partial charge in [-0.15, -0.1) is 5.10 Å². The quantitative estimate of drug-likeness (QED) is 0.867. The van der Waals surface area contributed by atoms with E-state index in [-0.39, 0.29) is 11.9 Å². The maximum atomic E-state index is 13.4. The summed E-state index contributed by atoms with van der Waals surface area (Å²) in [5.74, 6) is -0.366. The van der Waals surface area contributed by atoms with Crippen molar-refractivity contribution in [3.63, 3.8) is 0 Å². The monoisotopic (exact) mass is 307 g/mol. The maximum Gasteiger partial charge on any atom is 0.163 e. The van der Waals surface area contributed by atoms with E-state index in [1.807, 2.05) is 13.8 Å². The zero-order valence-electron chi connectivity index (χ0n) is 12.7. The number of benzene rings is 1. The summed E-state index contributed by atoms with van der Waals surface area (Å²) >= 11 is 0. The lowest BCUT2D eigenvalue weighted by Crippen LogP contribution is -2.24. The van der Waals surface area contributed by atoms with E-state index in [0.29, 0.717) is 30.2 Å². The largest absolute Gasteiger partial charge is 0.496 e. The first-order chi connectivity index (χ1) is 10.5. The van der Waals surface area contributed by atoms with E-state index in [1.54, 1.807) is 16.9 Å². The van der Waals surface area contributed by atoms with Crippen molar-refractivity contribution in [1.29, 1.82) is 0 Å². The molecule has 0 spiro atoms. The summed E-state index contributed by atoms with van der Waals surface area (Å²) in [6, 6.07) is 4.30. The minimum atomic E-state index is -0.570. The van der Waals surface area contributed by atoms with Crippen LogP contribution in [0.4, 0.5) is 4.39 Å². The van der Waals surface area contributed by atoms with Gasteiger partial charge in [-0.3, -0.25) is 0 Å². The van der Waals surface area contributed by atoms with Gasteiger partial charge < -0.3 is 14.2 Å². The Labute approximate surface area is 127 Å². The van der Waals surface area contributed by atoms with Crippen LogP contribution in [-0.4, -0.2) is 40.6 Å². The molecule has 3 rings (SSSR count). The highest BCUT2D eigenvalue weighted by Crippen LogP contribution is 2.29. The molecule has 0 N–H and O–H groups in total. The van der Waals surface area contributed by atoms with E-state index in [2.05, 4.69) is 10.3 Å². The second-order valence-corrected chi connectivity index (χ2v) is 5.62. The van der Waals surface area contributed by atoms with Gasteiger partial charge in [0.05, 0.1) is 26.5 Å². The maximum absolute atomic E-state index is 13.4. The third-order valence-corrected chi connectivity index (χ3v) is 3.43. The van der Waals surface area contributed by atoms with E-state index in [1.165, 1.54) is 19.2 Å². The van der Waals surface area contributed by atoms with Crippen molar-refractivity contribution in [2.45, 2.75) is 32.3 Å². The lowest BCUT2D eigenvalue weighted by Gasteiger charge is -2.16. The molecule has 118 valence electrons. The molecule has 0 bridgehead atoms. The number of aromatic nitrogens is 3. The predicted octanol–water partition coefficient (Wildman–Crippen LogP) is 2.24. The first-order valence-electron chi connectivity index (χ1n) is 7.03. The Bertz CT molecular complexity index is 672. The lowest BCUT2D eigenvalue weighted by atomic mass is 10.1. The number of halogens is 1. The van der Waals surface area contributed by atoms with Gasteiger partial charge in [0.2, 0.25) is 0 Å². The van der Waals surface area contributed by atoms with Crippen LogP contribution in [0.2, 0.25) is 0 Å². The second-order valence-electron chi connectivity index (χ2n) is 5.62. The summed E-state index contributed by atoms with van der Waals surface area (Å²) in [5, 5.41) is 8.15. The first-order valence-corrected chi connectivity index (χ1v) is 7.03. The number of rotatable bonds is 4. The molecule has 1 aliphatic heterocycles. The van der Waals surface area contributed by atoms with Crippen molar-refractivity contribution in [1.82, 2.24) is 15.0 Å². The number of methoxy groups -OCH3 is 1. The number of hydrogen-bond acceptors (Lipinski definition) is 5. The van der Waals surface area contributed by atoms with Crippen LogP contribution in [0, 0.1) is 5.82 Å². The van der Waals surface area contributed by atoms with Crippen molar-refractivity contribution >= 4 is 0 Å². The van der Waals surface area contributed by atoms with Crippen LogP contribution in [0.25, 0.3) is 11.3 Å². The highest BCUT2D eigenvalue weighted by Gasteiger charge is 2.33. The van der Waals surface area contributed by atoms with Gasteiger partial charge in [-0.25, -0.2) is 9.07 Å². The minimum absolute atomic E-state index is 0.0843. The Morgan fingerprint density at radius 3 is 2.95 bits per heavy atom. The first kappa shape index (κ1) is 14.9. The predicted molar refractivity (Wildman–Crippen MR) is 76.9 cm³/mol. The number of nitrogens with zero attached hydrogens (tertiary/aromatic N) is 3. The van der Waals surface area contributed by atoms with Crippen LogP contribution in [0.5, 0.6) is 5.75 Å². The van der Waals surface area contributed by atoms with Gasteiger partial charge in [-0.1, -0.05) is 5.21 Å². The molecule has 0 amide bonds. The van der Waals surface area contributed by atoms with Crippen LogP contribution in [0.1, 0.15) is 13.8 Å². The molecule has 1 atom stereocenters. The number of ether oxygens (including phenoxy) is 3. The molecule has 1 aromatic carbocycles. The zero-order chi connectivity index (χ0) is 15.7. The summed E-state index contributed by atoms with van der Waals surface area (Å²) in [6.45, 7) is 4.77. The van der Waals surface area contributed by atoms with Gasteiger partial charge in [-0.05, 0) is 32.0 Å². The van der Waals surface area contributed by atoms with E-state index in [0.717, 1.165) is 0 Å². The molecule has 0 saturated carbocycles. The van der Waals surface area contributed by atoms with Crippen LogP contribution >= 0.6 is 0 Å². The molecule has 0 unspecified atom stereocenters. The smallest absolute Gasteiger partial charge is 0.163 e. The standard InChI is InChI=1S/C15H18FN3O3/c1-15(2)21-9-11(22-15)7-19-8-13(17-18-19)12-6-10(16)4-5-14(12)20-3/h4-6,8,11H,7,9H2,1-3H3/t11-/m0/s1. The van der Waals surface area contributed by atoms with Crippen LogP contribution in [-0.2, 0) is 16.0 Å². The normalized spacial score (nSPS) is 20.3. The summed E-state index contributed by atoms with van der Waals surface area (Å²) in [6.07, 6.45) is 1.66. The lowest BCUT2D eigenvalue weighted by molar-refractivity contribution is -0.139. The molecule has 0 radical (unpaired) electrons. The minimum Gasteiger partial charge on any atom is -0.496 e. The molecular formula is C15H18FN3O3. The van der Waals surface area contributed by atoms with Crippen molar-refractivity contribution in [2.24, 2.45) is 0 Å². The second kappa shape index (κ2) is 5.66. The number of hydrogen-bond donors (Lipinski definition) is 0. The molecule has 1 aliphatic rings. The fraction of sp³-hybridized carbons (Fsp3) is 0.467. The molecule has 1 aromatic heterocycles. The van der Waals surface area contributed by atoms with Gasteiger partial charge in [0.15, 0.2) is 5.79 Å². The van der Waals surface area contributed by atoms with Crippen molar-refractivity contribution in [3.05, 3.63) is 30.2 Å². The molecule has 2 heterocycles. The Kier molecular flexibility index (Phi) is 3.84. The van der Waals surface area contributed by atoms with E-state index in [9.17, 15) is 4.39 Å². The third-order valence-electron chi connectivity index (χ3n) is 3.43. The average Bonchev–Trinajstić information content (AvgIpc) is 3.06. The SMILES string of the molecule is COc1ccc(F)cc1-c1cn(C[C@H]2COC(C)(C)O2)nn1. The topological polar surface area (TPSA) is 58.4 Å². The van der Waals surface area contributed by atoms with E-state index < -0.39 is 5.79 Å². The fourth-order valence-electron chi connectivity index (χ4n) is 2.45. The Morgan fingerprint density at radius 1 is 1.45 bits per heavy atom. The third kappa shape index (κ3) is 3.10. The van der Waals surface area contributed by atoms with Gasteiger partial charge in [0, 0.05) is 5.56 Å². The molecule has 1 fully saturated rings. The fourth-order valence-corrected chi connectivity index (χ4v) is 2.45. The van der Waals surface area contributed by atoms with Gasteiger partial charge in [0.25, 0.3) is 0 Å². The van der Waals surface area contributed by atoms with Gasteiger partial charge in [-0.2, -0.15) is 0 Å². The molecule has 2 aromatic rings. The molecule has 0 aliphatic carbocycles. The van der Waals surface area contributed by atoms with Crippen LogP contribution < -0.4 is 4.74 Å². The Balaban J connectivity index is 1.78. The Hall–Kier alpha value is -1.99. The molecule has 1 saturated heterocycles. The highest BCUT2D eigenvalue weighted by molar-refractivity contribution is 5.66. The highest BCUT2D eigenvalue weighted by atomic mass is 19.1. The van der Waals surface area contributed by atoms with E-state index in [4.69, 9.17) is 14.2 Å². The average molecular weight is 307 g/mol.